The lowest BCUT2D eigenvalue weighted by molar-refractivity contribution is -0.385. The molecule has 1 amide bonds. The van der Waals surface area contributed by atoms with Gasteiger partial charge in [0.05, 0.1) is 11.5 Å². The molecule has 1 heterocycles. The maximum Gasteiger partial charge on any atom is 0.311 e. The Balaban J connectivity index is 1.85. The van der Waals surface area contributed by atoms with Crippen molar-refractivity contribution in [3.8, 4) is 5.75 Å². The first kappa shape index (κ1) is 16.8. The van der Waals surface area contributed by atoms with Gasteiger partial charge in [0.25, 0.3) is 0 Å². The average molecular weight is 341 g/mol. The number of hydrogen-bond donors (Lipinski definition) is 1. The number of fused-ring (bicyclic) bond motifs is 1. The highest BCUT2D eigenvalue weighted by atomic mass is 16.6. The van der Waals surface area contributed by atoms with Crippen LogP contribution >= 0.6 is 0 Å². The molecule has 0 fully saturated rings. The lowest BCUT2D eigenvalue weighted by atomic mass is 10.1. The summed E-state index contributed by atoms with van der Waals surface area (Å²) in [5.74, 6) is 0.276. The van der Waals surface area contributed by atoms with Crippen LogP contribution in [0.4, 0.5) is 22.7 Å². The number of amides is 1. The number of carbonyl (C=O) groups is 1. The number of nitrogens with one attached hydrogen (secondary N) is 1. The van der Waals surface area contributed by atoms with Gasteiger partial charge in [-0.1, -0.05) is 0 Å². The van der Waals surface area contributed by atoms with Crippen LogP contribution in [0.2, 0.25) is 0 Å². The van der Waals surface area contributed by atoms with Crippen LogP contribution in [0.5, 0.6) is 5.75 Å². The number of carbonyl (C=O) groups excluding carboxylic acids is 1. The molecule has 3 rings (SSSR count). The summed E-state index contributed by atoms with van der Waals surface area (Å²) >= 11 is 0. The van der Waals surface area contributed by atoms with E-state index in [2.05, 4.69) is 5.32 Å². The quantitative estimate of drug-likeness (QED) is 0.663. The number of ether oxygens (including phenoxy) is 1. The summed E-state index contributed by atoms with van der Waals surface area (Å²) in [6.07, 6.45) is 0.814. The summed E-state index contributed by atoms with van der Waals surface area (Å²) in [6.45, 7) is 4.39. The van der Waals surface area contributed by atoms with E-state index in [1.165, 1.54) is 6.07 Å². The lowest BCUT2D eigenvalue weighted by Crippen LogP contribution is -2.25. The largest absolute Gasteiger partial charge is 0.487 e. The molecular weight excluding hydrogens is 322 g/mol. The van der Waals surface area contributed by atoms with Crippen molar-refractivity contribution in [1.29, 1.82) is 0 Å². The van der Waals surface area contributed by atoms with Crippen LogP contribution in [0.15, 0.2) is 36.4 Å². The Labute approximate surface area is 145 Å². The molecule has 25 heavy (non-hydrogen) atoms. The van der Waals surface area contributed by atoms with Crippen LogP contribution in [-0.4, -0.2) is 24.0 Å². The maximum absolute atomic E-state index is 11.6. The standard InChI is InChI=1S/C18H19N3O4/c1-3-25-18-11-15(5-7-17(18)21(23)24)19-14-4-6-16-13(10-14)8-9-20(16)12(2)22/h4-7,10-11,19H,3,8-9H2,1-2H3. The Morgan fingerprint density at radius 1 is 1.28 bits per heavy atom. The maximum atomic E-state index is 11.6. The number of nitro groups is 1. The molecule has 0 saturated carbocycles. The second-order valence-electron chi connectivity index (χ2n) is 5.76. The normalized spacial score (nSPS) is 12.6. The molecule has 7 nitrogen and oxygen atoms in total. The second kappa shape index (κ2) is 6.80. The van der Waals surface area contributed by atoms with Gasteiger partial charge in [0.15, 0.2) is 5.75 Å². The SMILES string of the molecule is CCOc1cc(Nc2ccc3c(c2)CCN3C(C)=O)ccc1[N+](=O)[O-]. The fourth-order valence-electron chi connectivity index (χ4n) is 2.99. The molecule has 1 N–H and O–H groups in total. The molecular formula is C18H19N3O4. The third kappa shape index (κ3) is 3.40. The predicted octanol–water partition coefficient (Wildman–Crippen LogP) is 3.65. The van der Waals surface area contributed by atoms with Gasteiger partial charge < -0.3 is 15.0 Å². The molecule has 0 atom stereocenters. The van der Waals surface area contributed by atoms with Gasteiger partial charge in [0, 0.05) is 42.7 Å². The van der Waals surface area contributed by atoms with E-state index < -0.39 is 4.92 Å². The van der Waals surface area contributed by atoms with Gasteiger partial charge in [0.1, 0.15) is 0 Å². The van der Waals surface area contributed by atoms with Gasteiger partial charge in [-0.25, -0.2) is 0 Å². The van der Waals surface area contributed by atoms with Gasteiger partial charge in [-0.3, -0.25) is 14.9 Å². The predicted molar refractivity (Wildman–Crippen MR) is 95.7 cm³/mol. The third-order valence-electron chi connectivity index (χ3n) is 4.10. The minimum Gasteiger partial charge on any atom is -0.487 e. The van der Waals surface area contributed by atoms with Crippen molar-refractivity contribution < 1.29 is 14.5 Å². The van der Waals surface area contributed by atoms with Crippen LogP contribution in [0, 0.1) is 10.1 Å². The monoisotopic (exact) mass is 341 g/mol. The summed E-state index contributed by atoms with van der Waals surface area (Å²) < 4.78 is 5.37. The smallest absolute Gasteiger partial charge is 0.311 e. The van der Waals surface area contributed by atoms with E-state index in [9.17, 15) is 14.9 Å². The summed E-state index contributed by atoms with van der Waals surface area (Å²) in [5.41, 5.74) is 3.55. The van der Waals surface area contributed by atoms with Crippen LogP contribution in [-0.2, 0) is 11.2 Å². The number of anilines is 3. The molecule has 0 bridgehead atoms. The first-order valence-electron chi connectivity index (χ1n) is 8.09. The van der Waals surface area contributed by atoms with Gasteiger partial charge in [-0.2, -0.15) is 0 Å². The topological polar surface area (TPSA) is 84.7 Å². The van der Waals surface area contributed by atoms with E-state index in [-0.39, 0.29) is 17.3 Å². The molecule has 130 valence electrons. The van der Waals surface area contributed by atoms with Crippen molar-refractivity contribution in [2.24, 2.45) is 0 Å². The molecule has 1 aliphatic heterocycles. The zero-order valence-electron chi connectivity index (χ0n) is 14.1. The number of nitro benzene ring substituents is 1. The molecule has 1 aliphatic rings. The summed E-state index contributed by atoms with van der Waals surface area (Å²) in [7, 11) is 0. The van der Waals surface area contributed by atoms with Crippen molar-refractivity contribution >= 4 is 28.7 Å². The van der Waals surface area contributed by atoms with Gasteiger partial charge in [-0.15, -0.1) is 0 Å². The fraction of sp³-hybridized carbons (Fsp3) is 0.278. The lowest BCUT2D eigenvalue weighted by Gasteiger charge is -2.15. The first-order chi connectivity index (χ1) is 12.0. The second-order valence-corrected chi connectivity index (χ2v) is 5.76. The molecule has 2 aromatic rings. The zero-order chi connectivity index (χ0) is 18.0. The minimum absolute atomic E-state index is 0.0381. The van der Waals surface area contributed by atoms with Crippen molar-refractivity contribution in [3.05, 3.63) is 52.1 Å². The molecule has 7 heteroatoms. The molecule has 0 aromatic heterocycles. The van der Waals surface area contributed by atoms with Crippen molar-refractivity contribution in [3.63, 3.8) is 0 Å². The summed E-state index contributed by atoms with van der Waals surface area (Å²) in [4.78, 5) is 24.0. The zero-order valence-corrected chi connectivity index (χ0v) is 14.1. The Morgan fingerprint density at radius 3 is 2.68 bits per heavy atom. The Bertz CT molecular complexity index is 835. The number of rotatable bonds is 5. The van der Waals surface area contributed by atoms with Gasteiger partial charge in [0.2, 0.25) is 5.91 Å². The van der Waals surface area contributed by atoms with E-state index in [0.29, 0.717) is 18.8 Å². The van der Waals surface area contributed by atoms with E-state index >= 15 is 0 Å². The summed E-state index contributed by atoms with van der Waals surface area (Å²) in [6, 6.07) is 10.5. The fourth-order valence-corrected chi connectivity index (χ4v) is 2.99. The van der Waals surface area contributed by atoms with Crippen molar-refractivity contribution in [2.75, 3.05) is 23.4 Å². The van der Waals surface area contributed by atoms with Gasteiger partial charge in [-0.05, 0) is 43.2 Å². The minimum atomic E-state index is -0.458. The average Bonchev–Trinajstić information content (AvgIpc) is 2.98. The molecule has 2 aromatic carbocycles. The van der Waals surface area contributed by atoms with Crippen LogP contribution in [0.1, 0.15) is 19.4 Å². The molecule has 0 aliphatic carbocycles. The Morgan fingerprint density at radius 2 is 2.00 bits per heavy atom. The van der Waals surface area contributed by atoms with Crippen LogP contribution < -0.4 is 15.0 Å². The van der Waals surface area contributed by atoms with Crippen molar-refractivity contribution in [1.82, 2.24) is 0 Å². The van der Waals surface area contributed by atoms with E-state index in [4.69, 9.17) is 4.74 Å². The highest BCUT2D eigenvalue weighted by Gasteiger charge is 2.22. The van der Waals surface area contributed by atoms with E-state index in [1.54, 1.807) is 30.9 Å². The molecule has 0 spiro atoms. The van der Waals surface area contributed by atoms with E-state index in [1.807, 2.05) is 18.2 Å². The summed E-state index contributed by atoms with van der Waals surface area (Å²) in [5, 5.41) is 14.3. The molecule has 0 unspecified atom stereocenters. The van der Waals surface area contributed by atoms with Crippen LogP contribution in [0.25, 0.3) is 0 Å². The highest BCUT2D eigenvalue weighted by molar-refractivity contribution is 5.94. The van der Waals surface area contributed by atoms with E-state index in [0.717, 1.165) is 23.4 Å². The van der Waals surface area contributed by atoms with Crippen LogP contribution in [0.3, 0.4) is 0 Å². The highest BCUT2D eigenvalue weighted by Crippen LogP contribution is 2.34. The van der Waals surface area contributed by atoms with Gasteiger partial charge >= 0.3 is 5.69 Å². The Hall–Kier alpha value is -3.09. The number of nitrogens with zero attached hydrogens (tertiary/aromatic N) is 2. The number of hydrogen-bond acceptors (Lipinski definition) is 5. The Kier molecular flexibility index (Phi) is 4.56. The molecule has 0 radical (unpaired) electrons. The number of benzene rings is 2. The van der Waals surface area contributed by atoms with Crippen molar-refractivity contribution in [2.45, 2.75) is 20.3 Å². The third-order valence-corrected chi connectivity index (χ3v) is 4.10. The molecule has 0 saturated heterocycles. The first-order valence-corrected chi connectivity index (χ1v) is 8.09.